The van der Waals surface area contributed by atoms with E-state index in [0.717, 1.165) is 11.1 Å². The number of methoxy groups -OCH3 is 1. The van der Waals surface area contributed by atoms with Gasteiger partial charge in [-0.1, -0.05) is 12.1 Å². The zero-order chi connectivity index (χ0) is 14.0. The van der Waals surface area contributed by atoms with Gasteiger partial charge in [-0.15, -0.1) is 0 Å². The highest BCUT2D eigenvalue weighted by Crippen LogP contribution is 2.34. The highest BCUT2D eigenvalue weighted by atomic mass is 19.1. The predicted molar refractivity (Wildman–Crippen MR) is 70.7 cm³/mol. The Kier molecular flexibility index (Phi) is 3.81. The third-order valence-electron chi connectivity index (χ3n) is 3.25. The first-order chi connectivity index (χ1) is 9.06. The van der Waals surface area contributed by atoms with Gasteiger partial charge in [0, 0.05) is 11.8 Å². The fourth-order valence-corrected chi connectivity index (χ4v) is 2.04. The van der Waals surface area contributed by atoms with Crippen LogP contribution in [0.2, 0.25) is 0 Å². The zero-order valence-electron chi connectivity index (χ0n) is 11.1. The predicted octanol–water partition coefficient (Wildman–Crippen LogP) is 2.93. The Hall–Kier alpha value is -1.94. The van der Waals surface area contributed by atoms with E-state index in [9.17, 15) is 9.50 Å². The molecule has 1 aromatic carbocycles. The first-order valence-corrected chi connectivity index (χ1v) is 5.98. The molecule has 2 aromatic rings. The second kappa shape index (κ2) is 5.36. The lowest BCUT2D eigenvalue weighted by Gasteiger charge is -2.17. The second-order valence-electron chi connectivity index (χ2n) is 4.40. The van der Waals surface area contributed by atoms with Crippen LogP contribution in [0.15, 0.2) is 30.5 Å². The van der Waals surface area contributed by atoms with Gasteiger partial charge in [0.15, 0.2) is 0 Å². The van der Waals surface area contributed by atoms with Gasteiger partial charge in [0.2, 0.25) is 0 Å². The number of aliphatic hydroxyl groups excluding tert-OH is 1. The SMILES string of the molecule is COc1c(C(O)c2ncccc2F)ccc(C)c1C. The van der Waals surface area contributed by atoms with Crippen molar-refractivity contribution in [1.82, 2.24) is 4.98 Å². The number of hydrogen-bond acceptors (Lipinski definition) is 3. The van der Waals surface area contributed by atoms with Gasteiger partial charge >= 0.3 is 0 Å². The summed E-state index contributed by atoms with van der Waals surface area (Å²) in [5.41, 5.74) is 2.50. The third kappa shape index (κ3) is 2.44. The summed E-state index contributed by atoms with van der Waals surface area (Å²) < 4.78 is 19.0. The molecule has 100 valence electrons. The molecule has 0 radical (unpaired) electrons. The number of benzene rings is 1. The van der Waals surface area contributed by atoms with Gasteiger partial charge in [-0.25, -0.2) is 4.39 Å². The monoisotopic (exact) mass is 261 g/mol. The number of rotatable bonds is 3. The summed E-state index contributed by atoms with van der Waals surface area (Å²) >= 11 is 0. The van der Waals surface area contributed by atoms with Crippen LogP contribution in [0, 0.1) is 19.7 Å². The maximum Gasteiger partial charge on any atom is 0.147 e. The van der Waals surface area contributed by atoms with Gasteiger partial charge < -0.3 is 9.84 Å². The first-order valence-electron chi connectivity index (χ1n) is 5.98. The number of aryl methyl sites for hydroxylation is 1. The molecule has 19 heavy (non-hydrogen) atoms. The molecule has 0 amide bonds. The largest absolute Gasteiger partial charge is 0.496 e. The molecular formula is C15H16FNO2. The molecule has 0 aliphatic rings. The number of aromatic nitrogens is 1. The summed E-state index contributed by atoms with van der Waals surface area (Å²) in [5, 5.41) is 10.3. The summed E-state index contributed by atoms with van der Waals surface area (Å²) in [7, 11) is 1.53. The van der Waals surface area contributed by atoms with Gasteiger partial charge in [-0.2, -0.15) is 0 Å². The lowest BCUT2D eigenvalue weighted by Crippen LogP contribution is -2.08. The Morgan fingerprint density at radius 2 is 2.00 bits per heavy atom. The highest BCUT2D eigenvalue weighted by molar-refractivity contribution is 5.48. The third-order valence-corrected chi connectivity index (χ3v) is 3.25. The van der Waals surface area contributed by atoms with E-state index in [4.69, 9.17) is 4.74 Å². The maximum atomic E-state index is 13.7. The lowest BCUT2D eigenvalue weighted by atomic mass is 9.98. The van der Waals surface area contributed by atoms with Crippen LogP contribution < -0.4 is 4.74 Å². The van der Waals surface area contributed by atoms with Crippen LogP contribution in [0.25, 0.3) is 0 Å². The van der Waals surface area contributed by atoms with Gasteiger partial charge in [0.05, 0.1) is 7.11 Å². The molecule has 2 rings (SSSR count). The molecule has 1 unspecified atom stereocenters. The highest BCUT2D eigenvalue weighted by Gasteiger charge is 2.21. The summed E-state index contributed by atoms with van der Waals surface area (Å²) in [4.78, 5) is 3.90. The van der Waals surface area contributed by atoms with E-state index in [0.29, 0.717) is 11.3 Å². The summed E-state index contributed by atoms with van der Waals surface area (Å²) in [6.45, 7) is 3.86. The molecule has 0 fully saturated rings. The van der Waals surface area contributed by atoms with Crippen molar-refractivity contribution in [3.05, 3.63) is 58.7 Å². The fourth-order valence-electron chi connectivity index (χ4n) is 2.04. The van der Waals surface area contributed by atoms with Crippen molar-refractivity contribution in [2.75, 3.05) is 7.11 Å². The lowest BCUT2D eigenvalue weighted by molar-refractivity contribution is 0.204. The topological polar surface area (TPSA) is 42.4 Å². The average Bonchev–Trinajstić information content (AvgIpc) is 2.41. The number of ether oxygens (including phenoxy) is 1. The molecule has 0 aliphatic carbocycles. The van der Waals surface area contributed by atoms with Crippen LogP contribution in [-0.4, -0.2) is 17.2 Å². The molecule has 4 heteroatoms. The number of halogens is 1. The summed E-state index contributed by atoms with van der Waals surface area (Å²) in [5.74, 6) is 0.0350. The van der Waals surface area contributed by atoms with E-state index < -0.39 is 11.9 Å². The Bertz CT molecular complexity index is 599. The maximum absolute atomic E-state index is 13.7. The first kappa shape index (κ1) is 13.5. The summed E-state index contributed by atoms with van der Waals surface area (Å²) in [6, 6.07) is 6.37. The zero-order valence-corrected chi connectivity index (χ0v) is 11.1. The van der Waals surface area contributed by atoms with Crippen LogP contribution in [0.5, 0.6) is 5.75 Å². The van der Waals surface area contributed by atoms with Crippen molar-refractivity contribution in [2.45, 2.75) is 20.0 Å². The Morgan fingerprint density at radius 1 is 1.26 bits per heavy atom. The van der Waals surface area contributed by atoms with Gasteiger partial charge in [0.1, 0.15) is 23.4 Å². The molecule has 1 N–H and O–H groups in total. The van der Waals surface area contributed by atoms with Crippen LogP contribution in [0.1, 0.15) is 28.5 Å². The number of nitrogens with zero attached hydrogens (tertiary/aromatic N) is 1. The average molecular weight is 261 g/mol. The molecule has 0 aliphatic heterocycles. The van der Waals surface area contributed by atoms with Crippen molar-refractivity contribution >= 4 is 0 Å². The van der Waals surface area contributed by atoms with E-state index >= 15 is 0 Å². The molecule has 0 saturated heterocycles. The van der Waals surface area contributed by atoms with E-state index in [-0.39, 0.29) is 5.69 Å². The number of aliphatic hydroxyl groups is 1. The quantitative estimate of drug-likeness (QED) is 0.923. The van der Waals surface area contributed by atoms with Crippen LogP contribution in [-0.2, 0) is 0 Å². The molecule has 3 nitrogen and oxygen atoms in total. The Labute approximate surface area is 111 Å². The standard InChI is InChI=1S/C15H16FNO2/c1-9-6-7-11(15(19-3)10(9)2)14(18)13-12(16)5-4-8-17-13/h4-8,14,18H,1-3H3. The summed E-state index contributed by atoms with van der Waals surface area (Å²) in [6.07, 6.45) is 0.310. The molecule has 1 atom stereocenters. The minimum absolute atomic E-state index is 0.00375. The van der Waals surface area contributed by atoms with E-state index in [1.807, 2.05) is 19.9 Å². The van der Waals surface area contributed by atoms with E-state index in [2.05, 4.69) is 4.98 Å². The van der Waals surface area contributed by atoms with Crippen LogP contribution in [0.3, 0.4) is 0 Å². The normalized spacial score (nSPS) is 12.3. The molecule has 0 bridgehead atoms. The minimum atomic E-state index is -1.14. The molecule has 0 saturated carbocycles. The molecular weight excluding hydrogens is 245 g/mol. The molecule has 0 spiro atoms. The Morgan fingerprint density at radius 3 is 2.63 bits per heavy atom. The van der Waals surface area contributed by atoms with Crippen LogP contribution in [0.4, 0.5) is 4.39 Å². The smallest absolute Gasteiger partial charge is 0.147 e. The van der Waals surface area contributed by atoms with Crippen molar-refractivity contribution in [3.8, 4) is 5.75 Å². The van der Waals surface area contributed by atoms with Gasteiger partial charge in [0.25, 0.3) is 0 Å². The molecule has 1 aromatic heterocycles. The minimum Gasteiger partial charge on any atom is -0.496 e. The van der Waals surface area contributed by atoms with Gasteiger partial charge in [-0.3, -0.25) is 4.98 Å². The Balaban J connectivity index is 2.53. The number of hydrogen-bond donors (Lipinski definition) is 1. The van der Waals surface area contributed by atoms with Crippen molar-refractivity contribution < 1.29 is 14.2 Å². The van der Waals surface area contributed by atoms with E-state index in [1.165, 1.54) is 25.4 Å². The van der Waals surface area contributed by atoms with E-state index in [1.54, 1.807) is 6.07 Å². The molecule has 1 heterocycles. The number of pyridine rings is 1. The van der Waals surface area contributed by atoms with Crippen molar-refractivity contribution in [1.29, 1.82) is 0 Å². The van der Waals surface area contributed by atoms with Crippen molar-refractivity contribution in [3.63, 3.8) is 0 Å². The van der Waals surface area contributed by atoms with Crippen LogP contribution >= 0.6 is 0 Å². The van der Waals surface area contributed by atoms with Crippen molar-refractivity contribution in [2.24, 2.45) is 0 Å². The fraction of sp³-hybridized carbons (Fsp3) is 0.267. The second-order valence-corrected chi connectivity index (χ2v) is 4.40. The van der Waals surface area contributed by atoms with Gasteiger partial charge in [-0.05, 0) is 37.1 Å².